The van der Waals surface area contributed by atoms with Gasteiger partial charge in [-0.3, -0.25) is 0 Å². The molecule has 25 heavy (non-hydrogen) atoms. The Morgan fingerprint density at radius 1 is 0.800 bits per heavy atom. The second-order valence-electron chi connectivity index (χ2n) is 5.86. The molecule has 0 amide bonds. The summed E-state index contributed by atoms with van der Waals surface area (Å²) in [6, 6.07) is 22.8. The molecule has 0 unspecified atom stereocenters. The first-order valence-electron chi connectivity index (χ1n) is 8.06. The summed E-state index contributed by atoms with van der Waals surface area (Å²) in [5.74, 6) is 0.613. The van der Waals surface area contributed by atoms with Crippen LogP contribution in [-0.4, -0.2) is 17.1 Å². The number of pyridine rings is 1. The predicted octanol–water partition coefficient (Wildman–Crippen LogP) is 5.62. The third-order valence-corrected chi connectivity index (χ3v) is 5.51. The van der Waals surface area contributed by atoms with Gasteiger partial charge < -0.3 is 4.74 Å². The molecule has 4 heteroatoms. The van der Waals surface area contributed by atoms with E-state index in [2.05, 4.69) is 53.5 Å². The summed E-state index contributed by atoms with van der Waals surface area (Å²) in [7, 11) is 1.64. The van der Waals surface area contributed by atoms with Gasteiger partial charge in [-0.25, -0.2) is 9.97 Å². The van der Waals surface area contributed by atoms with Crippen LogP contribution in [0.4, 0.5) is 0 Å². The fourth-order valence-corrected chi connectivity index (χ4v) is 4.41. The van der Waals surface area contributed by atoms with Crippen molar-refractivity contribution in [3.8, 4) is 27.6 Å². The Morgan fingerprint density at radius 2 is 1.56 bits per heavy atom. The second-order valence-corrected chi connectivity index (χ2v) is 6.86. The average molecular weight is 342 g/mol. The lowest BCUT2D eigenvalue weighted by atomic mass is 10.1. The van der Waals surface area contributed by atoms with Crippen molar-refractivity contribution in [2.24, 2.45) is 0 Å². The number of methoxy groups -OCH3 is 1. The summed E-state index contributed by atoms with van der Waals surface area (Å²) in [6.45, 7) is 0. The number of aromatic nitrogens is 2. The number of benzene rings is 2. The van der Waals surface area contributed by atoms with E-state index in [1.807, 2.05) is 18.2 Å². The monoisotopic (exact) mass is 342 g/mol. The molecule has 2 aliphatic rings. The van der Waals surface area contributed by atoms with Gasteiger partial charge in [-0.2, -0.15) is 0 Å². The average Bonchev–Trinajstić information content (AvgIpc) is 3.00. The minimum absolute atomic E-state index is 0.613. The van der Waals surface area contributed by atoms with E-state index in [-0.39, 0.29) is 0 Å². The number of hydrogen-bond acceptors (Lipinski definition) is 4. The largest absolute Gasteiger partial charge is 0.481 e. The van der Waals surface area contributed by atoms with Crippen LogP contribution in [0, 0.1) is 0 Å². The summed E-state index contributed by atoms with van der Waals surface area (Å²) in [6.07, 6.45) is 0. The van der Waals surface area contributed by atoms with Crippen LogP contribution in [0.25, 0.3) is 42.8 Å². The quantitative estimate of drug-likeness (QED) is 0.417. The van der Waals surface area contributed by atoms with Crippen molar-refractivity contribution in [1.82, 2.24) is 9.97 Å². The van der Waals surface area contributed by atoms with E-state index in [0.717, 1.165) is 16.0 Å². The first kappa shape index (κ1) is 14.4. The van der Waals surface area contributed by atoms with Gasteiger partial charge in [0, 0.05) is 17.0 Å². The van der Waals surface area contributed by atoms with E-state index in [9.17, 15) is 0 Å². The van der Waals surface area contributed by atoms with Crippen LogP contribution in [-0.2, 0) is 0 Å². The maximum atomic E-state index is 5.28. The van der Waals surface area contributed by atoms with E-state index in [4.69, 9.17) is 9.72 Å². The van der Waals surface area contributed by atoms with Crippen molar-refractivity contribution in [2.75, 3.05) is 7.11 Å². The molecule has 5 rings (SSSR count). The highest BCUT2D eigenvalue weighted by Gasteiger charge is 2.22. The van der Waals surface area contributed by atoms with Gasteiger partial charge in [0.25, 0.3) is 0 Å². The van der Waals surface area contributed by atoms with Crippen LogP contribution < -0.4 is 4.74 Å². The van der Waals surface area contributed by atoms with Crippen LogP contribution in [0.1, 0.15) is 0 Å². The van der Waals surface area contributed by atoms with Crippen LogP contribution in [0.5, 0.6) is 5.88 Å². The molecule has 0 bridgehead atoms. The number of nitrogens with zero attached hydrogens (tertiary/aromatic N) is 2. The topological polar surface area (TPSA) is 35.0 Å². The standard InChI is InChI=1S/C21H14N2OS/c1-24-17-12-11-16-21(23-17)25-20-18(13-7-3-2-4-8-13)14-9-5-6-10-15(14)19(20)22-16/h2-12H,1H3. The zero-order valence-electron chi connectivity index (χ0n) is 13.6. The maximum absolute atomic E-state index is 5.28. The number of hydrogen-bond donors (Lipinski definition) is 0. The van der Waals surface area contributed by atoms with E-state index >= 15 is 0 Å². The molecule has 3 nitrogen and oxygen atoms in total. The van der Waals surface area contributed by atoms with Crippen LogP contribution in [0.15, 0.2) is 66.7 Å². The highest BCUT2D eigenvalue weighted by molar-refractivity contribution is 7.21. The SMILES string of the molecule is COc1ccc2nc3c4ccccc4c(-c4ccccc4)c-3sc2n1. The predicted molar refractivity (Wildman–Crippen MR) is 104 cm³/mol. The van der Waals surface area contributed by atoms with Gasteiger partial charge in [0.1, 0.15) is 10.3 Å². The molecule has 2 heterocycles. The van der Waals surface area contributed by atoms with Gasteiger partial charge >= 0.3 is 0 Å². The zero-order valence-corrected chi connectivity index (χ0v) is 14.4. The Bertz CT molecular complexity index is 1180. The molecular weight excluding hydrogens is 328 g/mol. The molecular formula is C21H14N2OS. The molecule has 2 aromatic carbocycles. The molecule has 0 spiro atoms. The van der Waals surface area contributed by atoms with Crippen molar-refractivity contribution in [2.45, 2.75) is 0 Å². The van der Waals surface area contributed by atoms with Gasteiger partial charge in [0.15, 0.2) is 0 Å². The van der Waals surface area contributed by atoms with Gasteiger partial charge in [-0.15, -0.1) is 11.3 Å². The fourth-order valence-electron chi connectivity index (χ4n) is 3.28. The lowest BCUT2D eigenvalue weighted by molar-refractivity contribution is 0.400. The smallest absolute Gasteiger partial charge is 0.214 e. The first-order valence-corrected chi connectivity index (χ1v) is 8.88. The minimum atomic E-state index is 0.613. The Kier molecular flexibility index (Phi) is 3.18. The van der Waals surface area contributed by atoms with Crippen LogP contribution >= 0.6 is 11.3 Å². The Morgan fingerprint density at radius 3 is 2.36 bits per heavy atom. The van der Waals surface area contributed by atoms with Gasteiger partial charge in [0.05, 0.1) is 17.7 Å². The molecule has 120 valence electrons. The molecule has 0 radical (unpaired) electrons. The van der Waals surface area contributed by atoms with E-state index in [0.29, 0.717) is 5.88 Å². The molecule has 0 N–H and O–H groups in total. The highest BCUT2D eigenvalue weighted by atomic mass is 32.1. The second kappa shape index (κ2) is 5.53. The highest BCUT2D eigenvalue weighted by Crippen LogP contribution is 2.47. The summed E-state index contributed by atoms with van der Waals surface area (Å²) < 4.78 is 5.28. The fraction of sp³-hybridized carbons (Fsp3) is 0.0476. The molecule has 1 aliphatic carbocycles. The van der Waals surface area contributed by atoms with Crippen molar-refractivity contribution in [3.05, 3.63) is 66.7 Å². The summed E-state index contributed by atoms with van der Waals surface area (Å²) in [4.78, 5) is 11.6. The molecule has 3 aromatic rings. The molecule has 0 saturated heterocycles. The number of rotatable bonds is 2. The van der Waals surface area contributed by atoms with Gasteiger partial charge in [-0.05, 0) is 17.0 Å². The van der Waals surface area contributed by atoms with Crippen molar-refractivity contribution >= 4 is 32.5 Å². The molecule has 0 atom stereocenters. The number of ether oxygens (including phenoxy) is 1. The van der Waals surface area contributed by atoms with Crippen molar-refractivity contribution in [1.29, 1.82) is 0 Å². The third kappa shape index (κ3) is 2.18. The van der Waals surface area contributed by atoms with E-state index in [1.54, 1.807) is 18.4 Å². The van der Waals surface area contributed by atoms with Crippen LogP contribution in [0.2, 0.25) is 0 Å². The van der Waals surface area contributed by atoms with Crippen molar-refractivity contribution in [3.63, 3.8) is 0 Å². The van der Waals surface area contributed by atoms with Crippen LogP contribution in [0.3, 0.4) is 0 Å². The molecule has 1 aliphatic heterocycles. The van der Waals surface area contributed by atoms with E-state index in [1.165, 1.54) is 26.8 Å². The Balaban J connectivity index is 1.94. The van der Waals surface area contributed by atoms with Gasteiger partial charge in [-0.1, -0.05) is 54.6 Å². The van der Waals surface area contributed by atoms with Crippen molar-refractivity contribution < 1.29 is 4.74 Å². The summed E-state index contributed by atoms with van der Waals surface area (Å²) in [5, 5.41) is 2.42. The first-order chi connectivity index (χ1) is 12.3. The lowest BCUT2D eigenvalue weighted by Gasteiger charge is -2.06. The van der Waals surface area contributed by atoms with E-state index < -0.39 is 0 Å². The minimum Gasteiger partial charge on any atom is -0.481 e. The Labute approximate surface area is 148 Å². The lowest BCUT2D eigenvalue weighted by Crippen LogP contribution is -1.90. The summed E-state index contributed by atoms with van der Waals surface area (Å²) >= 11 is 1.67. The normalized spacial score (nSPS) is 11.4. The Hall–Kier alpha value is -2.98. The maximum Gasteiger partial charge on any atom is 0.214 e. The summed E-state index contributed by atoms with van der Waals surface area (Å²) in [5.41, 5.74) is 4.37. The third-order valence-electron chi connectivity index (χ3n) is 4.41. The molecule has 1 aromatic heterocycles. The zero-order chi connectivity index (χ0) is 16.8. The molecule has 0 saturated carbocycles. The molecule has 0 fully saturated rings. The van der Waals surface area contributed by atoms with Gasteiger partial charge in [0.2, 0.25) is 5.88 Å². The number of fused-ring (bicyclic) bond motifs is 4.